The highest BCUT2D eigenvalue weighted by Gasteiger charge is 2.19. The highest BCUT2D eigenvalue weighted by atomic mass is 32.2. The van der Waals surface area contributed by atoms with E-state index in [-0.39, 0.29) is 22.9 Å². The molecule has 0 spiro atoms. The fourth-order valence-electron chi connectivity index (χ4n) is 1.98. The van der Waals surface area contributed by atoms with Gasteiger partial charge in [-0.15, -0.1) is 10.2 Å². The normalized spacial score (nSPS) is 12.4. The maximum Gasteiger partial charge on any atom is 0.226 e. The van der Waals surface area contributed by atoms with Gasteiger partial charge in [0.05, 0.1) is 5.25 Å². The van der Waals surface area contributed by atoms with Crippen LogP contribution in [0.5, 0.6) is 0 Å². The first-order chi connectivity index (χ1) is 12.8. The lowest BCUT2D eigenvalue weighted by Gasteiger charge is -2.10. The van der Waals surface area contributed by atoms with Crippen molar-refractivity contribution >= 4 is 52.2 Å². The third-order valence-electron chi connectivity index (χ3n) is 3.54. The van der Waals surface area contributed by atoms with Crippen molar-refractivity contribution in [1.82, 2.24) is 10.2 Å². The van der Waals surface area contributed by atoms with Crippen molar-refractivity contribution in [3.63, 3.8) is 0 Å². The number of nitrogens with one attached hydrogen (secondary N) is 1. The van der Waals surface area contributed by atoms with Gasteiger partial charge in [0.1, 0.15) is 0 Å². The Morgan fingerprint density at radius 1 is 1.04 bits per heavy atom. The first kappa shape index (κ1) is 21.9. The van der Waals surface area contributed by atoms with E-state index in [0.717, 1.165) is 14.4 Å². The average molecular weight is 424 g/mol. The summed E-state index contributed by atoms with van der Waals surface area (Å²) >= 11 is 4.67. The van der Waals surface area contributed by atoms with Crippen molar-refractivity contribution in [2.24, 2.45) is 11.8 Å². The van der Waals surface area contributed by atoms with Crippen molar-refractivity contribution in [3.05, 3.63) is 29.8 Å². The lowest BCUT2D eigenvalue weighted by atomic mass is 10.1. The van der Waals surface area contributed by atoms with E-state index in [0.29, 0.717) is 17.2 Å². The number of ketones is 1. The molecule has 0 fully saturated rings. The van der Waals surface area contributed by atoms with Crippen LogP contribution in [0.25, 0.3) is 0 Å². The lowest BCUT2D eigenvalue weighted by molar-refractivity contribution is -0.118. The summed E-state index contributed by atoms with van der Waals surface area (Å²) in [6.45, 7) is 9.90. The first-order valence-corrected chi connectivity index (χ1v) is 11.5. The molecule has 0 aliphatic carbocycles. The average Bonchev–Trinajstić information content (AvgIpc) is 3.07. The van der Waals surface area contributed by atoms with Crippen LogP contribution in [0.1, 0.15) is 45.0 Å². The molecule has 1 atom stereocenters. The molecule has 0 saturated carbocycles. The Morgan fingerprint density at radius 3 is 2.26 bits per heavy atom. The largest absolute Gasteiger partial charge is 0.326 e. The SMILES string of the molecule is CC(C)CSc1nnc(S[C@@H](C)C(=O)c2ccc(NC(=O)C(C)C)cc2)s1. The number of rotatable bonds is 9. The summed E-state index contributed by atoms with van der Waals surface area (Å²) in [7, 11) is 0. The number of thioether (sulfide) groups is 2. The Kier molecular flexibility index (Phi) is 8.31. The van der Waals surface area contributed by atoms with Crippen LogP contribution >= 0.6 is 34.9 Å². The Labute approximate surface area is 173 Å². The highest BCUT2D eigenvalue weighted by molar-refractivity contribution is 8.04. The number of benzene rings is 1. The quantitative estimate of drug-likeness (QED) is 0.439. The second-order valence-electron chi connectivity index (χ2n) is 6.88. The van der Waals surface area contributed by atoms with Gasteiger partial charge in [0, 0.05) is 22.9 Å². The van der Waals surface area contributed by atoms with E-state index in [1.807, 2.05) is 20.8 Å². The van der Waals surface area contributed by atoms with Gasteiger partial charge < -0.3 is 5.32 Å². The minimum absolute atomic E-state index is 0.0355. The van der Waals surface area contributed by atoms with E-state index < -0.39 is 0 Å². The van der Waals surface area contributed by atoms with Gasteiger partial charge >= 0.3 is 0 Å². The number of carbonyl (C=O) groups excluding carboxylic acids is 2. The molecule has 1 aromatic carbocycles. The molecule has 2 rings (SSSR count). The Bertz CT molecular complexity index is 773. The lowest BCUT2D eigenvalue weighted by Crippen LogP contribution is -2.18. The number of aromatic nitrogens is 2. The van der Waals surface area contributed by atoms with Gasteiger partial charge in [0.15, 0.2) is 14.5 Å². The van der Waals surface area contributed by atoms with E-state index in [1.54, 1.807) is 36.0 Å². The molecule has 8 heteroatoms. The van der Waals surface area contributed by atoms with E-state index >= 15 is 0 Å². The van der Waals surface area contributed by atoms with Crippen LogP contribution in [0.15, 0.2) is 32.9 Å². The molecule has 0 bridgehead atoms. The molecule has 5 nitrogen and oxygen atoms in total. The standard InChI is InChI=1S/C19H25N3O2S3/c1-11(2)10-25-18-21-22-19(27-18)26-13(5)16(23)14-6-8-15(9-7-14)20-17(24)12(3)4/h6-9,11-13H,10H2,1-5H3,(H,20,24)/t13-/m0/s1. The zero-order valence-corrected chi connectivity index (χ0v) is 18.6. The van der Waals surface area contributed by atoms with Crippen LogP contribution in [-0.4, -0.2) is 32.9 Å². The van der Waals surface area contributed by atoms with Crippen LogP contribution in [-0.2, 0) is 4.79 Å². The summed E-state index contributed by atoms with van der Waals surface area (Å²) < 4.78 is 1.75. The zero-order valence-electron chi connectivity index (χ0n) is 16.2. The molecular formula is C19H25N3O2S3. The predicted octanol–water partition coefficient (Wildman–Crippen LogP) is 5.24. The number of anilines is 1. The number of hydrogen-bond donors (Lipinski definition) is 1. The molecule has 0 aliphatic heterocycles. The first-order valence-electron chi connectivity index (χ1n) is 8.84. The zero-order chi connectivity index (χ0) is 20.0. The van der Waals surface area contributed by atoms with Crippen LogP contribution in [0, 0.1) is 11.8 Å². The third-order valence-corrected chi connectivity index (χ3v) is 7.20. The minimum atomic E-state index is -0.253. The number of Topliss-reactive ketones (excluding diaryl/α,β-unsaturated/α-hetero) is 1. The molecule has 1 N–H and O–H groups in total. The van der Waals surface area contributed by atoms with Crippen LogP contribution in [0.3, 0.4) is 0 Å². The predicted molar refractivity (Wildman–Crippen MR) is 115 cm³/mol. The second kappa shape index (κ2) is 10.2. The van der Waals surface area contributed by atoms with Crippen molar-refractivity contribution in [2.45, 2.75) is 48.5 Å². The molecule has 0 unspecified atom stereocenters. The number of hydrogen-bond acceptors (Lipinski definition) is 7. The molecule has 0 radical (unpaired) electrons. The maximum absolute atomic E-state index is 12.7. The maximum atomic E-state index is 12.7. The highest BCUT2D eigenvalue weighted by Crippen LogP contribution is 2.33. The molecule has 2 aromatic rings. The molecular weight excluding hydrogens is 398 g/mol. The smallest absolute Gasteiger partial charge is 0.226 e. The molecule has 1 amide bonds. The Hall–Kier alpha value is -1.38. The van der Waals surface area contributed by atoms with Crippen molar-refractivity contribution in [1.29, 1.82) is 0 Å². The fourth-order valence-corrected chi connectivity index (χ4v) is 5.20. The summed E-state index contributed by atoms with van der Waals surface area (Å²) in [6.07, 6.45) is 0. The number of carbonyl (C=O) groups is 2. The number of amides is 1. The van der Waals surface area contributed by atoms with Gasteiger partial charge in [0.2, 0.25) is 5.91 Å². The second-order valence-corrected chi connectivity index (χ2v) is 10.7. The van der Waals surface area contributed by atoms with Crippen LogP contribution in [0.4, 0.5) is 5.69 Å². The molecule has 1 aromatic heterocycles. The van der Waals surface area contributed by atoms with Crippen molar-refractivity contribution in [2.75, 3.05) is 11.1 Å². The molecule has 0 aliphatic rings. The van der Waals surface area contributed by atoms with Gasteiger partial charge in [-0.05, 0) is 37.1 Å². The van der Waals surface area contributed by atoms with E-state index in [9.17, 15) is 9.59 Å². The fraction of sp³-hybridized carbons (Fsp3) is 0.474. The van der Waals surface area contributed by atoms with Gasteiger partial charge in [-0.2, -0.15) is 0 Å². The van der Waals surface area contributed by atoms with Crippen molar-refractivity contribution in [3.8, 4) is 0 Å². The summed E-state index contributed by atoms with van der Waals surface area (Å²) in [6, 6.07) is 7.02. The van der Waals surface area contributed by atoms with Gasteiger partial charge in [-0.3, -0.25) is 9.59 Å². The van der Waals surface area contributed by atoms with E-state index in [2.05, 4.69) is 29.4 Å². The van der Waals surface area contributed by atoms with Gasteiger partial charge in [-0.1, -0.05) is 62.6 Å². The van der Waals surface area contributed by atoms with Crippen molar-refractivity contribution < 1.29 is 9.59 Å². The third kappa shape index (κ3) is 6.93. The van der Waals surface area contributed by atoms with E-state index in [1.165, 1.54) is 23.1 Å². The summed E-state index contributed by atoms with van der Waals surface area (Å²) in [5, 5.41) is 10.9. The topological polar surface area (TPSA) is 72.0 Å². The van der Waals surface area contributed by atoms with Crippen LogP contribution < -0.4 is 5.32 Å². The van der Waals surface area contributed by atoms with Gasteiger partial charge in [0.25, 0.3) is 0 Å². The molecule has 1 heterocycles. The summed E-state index contributed by atoms with van der Waals surface area (Å²) in [4.78, 5) is 24.4. The van der Waals surface area contributed by atoms with E-state index in [4.69, 9.17) is 0 Å². The monoisotopic (exact) mass is 423 g/mol. The van der Waals surface area contributed by atoms with Crippen LogP contribution in [0.2, 0.25) is 0 Å². The molecule has 146 valence electrons. The molecule has 0 saturated heterocycles. The molecule has 27 heavy (non-hydrogen) atoms. The minimum Gasteiger partial charge on any atom is -0.326 e. The summed E-state index contributed by atoms with van der Waals surface area (Å²) in [5.74, 6) is 1.52. The van der Waals surface area contributed by atoms with Gasteiger partial charge in [-0.25, -0.2) is 0 Å². The summed E-state index contributed by atoms with van der Waals surface area (Å²) in [5.41, 5.74) is 1.32. The number of nitrogens with zero attached hydrogens (tertiary/aromatic N) is 2. The Morgan fingerprint density at radius 2 is 1.67 bits per heavy atom. The Balaban J connectivity index is 1.93.